The van der Waals surface area contributed by atoms with Crippen LogP contribution in [0.1, 0.15) is 12.5 Å². The fraction of sp³-hybridized carbons (Fsp3) is 0.286. The van der Waals surface area contributed by atoms with Gasteiger partial charge in [-0.1, -0.05) is 0 Å². The monoisotopic (exact) mass is 355 g/mol. The van der Waals surface area contributed by atoms with Crippen molar-refractivity contribution in [2.24, 2.45) is 7.05 Å². The summed E-state index contributed by atoms with van der Waals surface area (Å²) in [5.74, 6) is 0.605. The molecular weight excluding hydrogens is 343 g/mol. The van der Waals surface area contributed by atoms with Crippen molar-refractivity contribution in [3.63, 3.8) is 0 Å². The Morgan fingerprint density at radius 2 is 1.92 bits per heavy atom. The van der Waals surface area contributed by atoms with Gasteiger partial charge in [-0.3, -0.25) is 0 Å². The number of aryl methyl sites for hydroxylation is 1. The predicted octanol–water partition coefficient (Wildman–Crippen LogP) is 2.57. The Morgan fingerprint density at radius 3 is 2.58 bits per heavy atom. The maximum absolute atomic E-state index is 12.8. The van der Waals surface area contributed by atoms with E-state index in [2.05, 4.69) is 19.9 Å². The van der Waals surface area contributed by atoms with Gasteiger partial charge in [-0.15, -0.1) is 0 Å². The average Bonchev–Trinajstić information content (AvgIpc) is 2.89. The number of hydrogen-bond acceptors (Lipinski definition) is 5. The molecule has 0 spiro atoms. The van der Waals surface area contributed by atoms with Gasteiger partial charge < -0.3 is 9.12 Å². The summed E-state index contributed by atoms with van der Waals surface area (Å²) in [6.45, 7) is 1.74. The van der Waals surface area contributed by atoms with Crippen LogP contribution in [0.25, 0.3) is 22.7 Å². The van der Waals surface area contributed by atoms with Gasteiger partial charge in [0, 0.05) is 30.6 Å². The van der Waals surface area contributed by atoms with Crippen molar-refractivity contribution in [1.82, 2.24) is 24.5 Å². The van der Waals surface area contributed by atoms with E-state index >= 15 is 0 Å². The maximum atomic E-state index is 12.8. The second kappa shape index (κ2) is 6.02. The van der Waals surface area contributed by atoms with Crippen molar-refractivity contribution in [2.45, 2.75) is 18.1 Å². The Bertz CT molecular complexity index is 896. The second-order valence-electron chi connectivity index (χ2n) is 4.90. The molecule has 0 aliphatic heterocycles. The molecule has 0 aliphatic carbocycles. The molecule has 1 unspecified atom stereocenters. The zero-order valence-electron chi connectivity index (χ0n) is 12.7. The van der Waals surface area contributed by atoms with Crippen molar-refractivity contribution < 1.29 is 17.7 Å². The number of rotatable bonds is 3. The van der Waals surface area contributed by atoms with Crippen LogP contribution >= 0.6 is 0 Å². The molecule has 10 heteroatoms. The van der Waals surface area contributed by atoms with Gasteiger partial charge in [0.1, 0.15) is 11.3 Å². The van der Waals surface area contributed by atoms with E-state index in [4.69, 9.17) is 0 Å². The van der Waals surface area contributed by atoms with Crippen LogP contribution in [-0.2, 0) is 24.4 Å². The molecule has 0 fully saturated rings. The van der Waals surface area contributed by atoms with Crippen LogP contribution in [0.2, 0.25) is 0 Å². The lowest BCUT2D eigenvalue weighted by atomic mass is 10.2. The molecule has 0 aromatic carbocycles. The van der Waals surface area contributed by atoms with Crippen LogP contribution in [0.15, 0.2) is 29.7 Å². The fourth-order valence-corrected chi connectivity index (χ4v) is 3.04. The van der Waals surface area contributed by atoms with E-state index in [-0.39, 0.29) is 27.7 Å². The molecule has 24 heavy (non-hydrogen) atoms. The van der Waals surface area contributed by atoms with Crippen molar-refractivity contribution in [3.8, 4) is 11.5 Å². The molecular formula is C14H12F3N5OS. The highest BCUT2D eigenvalue weighted by Gasteiger charge is 2.32. The summed E-state index contributed by atoms with van der Waals surface area (Å²) in [5, 5.41) is 0.245. The minimum absolute atomic E-state index is 0.0845. The zero-order valence-corrected chi connectivity index (χ0v) is 13.5. The molecule has 0 saturated heterocycles. The molecule has 0 radical (unpaired) electrons. The molecule has 0 N–H and O–H groups in total. The van der Waals surface area contributed by atoms with Gasteiger partial charge in [0.25, 0.3) is 5.03 Å². The minimum atomic E-state index is -4.50. The number of halogens is 3. The molecule has 0 bridgehead atoms. The Morgan fingerprint density at radius 1 is 1.21 bits per heavy atom. The highest BCUT2D eigenvalue weighted by atomic mass is 32.2. The van der Waals surface area contributed by atoms with Crippen LogP contribution in [0, 0.1) is 0 Å². The van der Waals surface area contributed by atoms with Crippen LogP contribution in [-0.4, -0.2) is 34.8 Å². The second-order valence-corrected chi connectivity index (χ2v) is 6.56. The van der Waals surface area contributed by atoms with Crippen molar-refractivity contribution >= 4 is 22.3 Å². The van der Waals surface area contributed by atoms with Crippen molar-refractivity contribution in [2.75, 3.05) is 5.75 Å². The van der Waals surface area contributed by atoms with E-state index in [1.54, 1.807) is 14.0 Å². The number of alkyl halides is 3. The highest BCUT2D eigenvalue weighted by molar-refractivity contribution is 7.91. The van der Waals surface area contributed by atoms with Crippen molar-refractivity contribution in [1.29, 1.82) is 0 Å². The first kappa shape index (κ1) is 16.7. The Kier molecular flexibility index (Phi) is 4.18. The summed E-state index contributed by atoms with van der Waals surface area (Å²) in [6.07, 6.45) is -0.912. The number of fused-ring (bicyclic) bond motifs is 1. The highest BCUT2D eigenvalue weighted by Crippen LogP contribution is 2.32. The third kappa shape index (κ3) is 2.82. The first-order valence-electron chi connectivity index (χ1n) is 6.92. The molecule has 0 amide bonds. The molecule has 3 heterocycles. The maximum Gasteiger partial charge on any atom is 0.417 e. The summed E-state index contributed by atoms with van der Waals surface area (Å²) < 4.78 is 52.1. The zero-order chi connectivity index (χ0) is 17.5. The minimum Gasteiger partial charge on any atom is -0.610 e. The van der Waals surface area contributed by atoms with Gasteiger partial charge in [0.2, 0.25) is 0 Å². The SMILES string of the molecule is CC[S+]([O-])c1nccnc1-c1nc2cc(C(F)(F)F)cnc2n1C. The number of pyridine rings is 1. The summed E-state index contributed by atoms with van der Waals surface area (Å²) in [4.78, 5) is 16.3. The van der Waals surface area contributed by atoms with E-state index in [0.29, 0.717) is 5.75 Å². The van der Waals surface area contributed by atoms with Crippen LogP contribution in [0.3, 0.4) is 0 Å². The Balaban J connectivity index is 2.20. The van der Waals surface area contributed by atoms with E-state index in [9.17, 15) is 17.7 Å². The molecule has 126 valence electrons. The van der Waals surface area contributed by atoms with Gasteiger partial charge >= 0.3 is 6.18 Å². The molecule has 3 aromatic heterocycles. The van der Waals surface area contributed by atoms with Crippen LogP contribution in [0.5, 0.6) is 0 Å². The van der Waals surface area contributed by atoms with Gasteiger partial charge in [-0.05, 0) is 13.0 Å². The molecule has 1 atom stereocenters. The first-order chi connectivity index (χ1) is 11.3. The van der Waals surface area contributed by atoms with Gasteiger partial charge in [-0.2, -0.15) is 13.2 Å². The summed E-state index contributed by atoms with van der Waals surface area (Å²) in [5.41, 5.74) is -0.249. The third-order valence-corrected chi connectivity index (χ3v) is 4.65. The van der Waals surface area contributed by atoms with E-state index in [1.165, 1.54) is 17.0 Å². The number of imidazole rings is 1. The number of aromatic nitrogens is 5. The quantitative estimate of drug-likeness (QED) is 0.675. The van der Waals surface area contributed by atoms with Gasteiger partial charge in [0.05, 0.1) is 11.8 Å². The predicted molar refractivity (Wildman–Crippen MR) is 81.5 cm³/mol. The molecule has 3 aromatic rings. The van der Waals surface area contributed by atoms with Crippen molar-refractivity contribution in [3.05, 3.63) is 30.2 Å². The van der Waals surface area contributed by atoms with E-state index in [0.717, 1.165) is 12.3 Å². The normalized spacial score (nSPS) is 13.4. The largest absolute Gasteiger partial charge is 0.610 e. The number of nitrogens with zero attached hydrogens (tertiary/aromatic N) is 5. The Labute approximate surface area is 138 Å². The van der Waals surface area contributed by atoms with Gasteiger partial charge in [0.15, 0.2) is 17.2 Å². The Hall–Kier alpha value is -2.20. The lowest BCUT2D eigenvalue weighted by molar-refractivity contribution is -0.137. The molecule has 6 nitrogen and oxygen atoms in total. The number of hydrogen-bond donors (Lipinski definition) is 0. The van der Waals surface area contributed by atoms with Crippen LogP contribution < -0.4 is 0 Å². The molecule has 3 rings (SSSR count). The fourth-order valence-electron chi connectivity index (χ4n) is 2.22. The van der Waals surface area contributed by atoms with E-state index in [1.807, 2.05) is 0 Å². The topological polar surface area (TPSA) is 79.6 Å². The smallest absolute Gasteiger partial charge is 0.417 e. The average molecular weight is 355 g/mol. The van der Waals surface area contributed by atoms with Crippen LogP contribution in [0.4, 0.5) is 13.2 Å². The molecule has 0 saturated carbocycles. The lowest BCUT2D eigenvalue weighted by Crippen LogP contribution is -2.10. The molecule has 0 aliphatic rings. The standard InChI is InChI=1S/C14H12F3N5OS/c1-3-24(23)13-10(18-4-5-19-13)12-21-9-6-8(14(15,16)17)7-20-11(9)22(12)2/h4-7H,3H2,1-2H3. The lowest BCUT2D eigenvalue weighted by Gasteiger charge is -2.09. The summed E-state index contributed by atoms with van der Waals surface area (Å²) in [7, 11) is 1.61. The summed E-state index contributed by atoms with van der Waals surface area (Å²) in [6, 6.07) is 0.929. The van der Waals surface area contributed by atoms with E-state index < -0.39 is 22.9 Å². The van der Waals surface area contributed by atoms with Gasteiger partial charge in [-0.25, -0.2) is 19.9 Å². The third-order valence-electron chi connectivity index (χ3n) is 3.39. The summed E-state index contributed by atoms with van der Waals surface area (Å²) >= 11 is -1.38. The first-order valence-corrected chi connectivity index (χ1v) is 8.24.